The van der Waals surface area contributed by atoms with Gasteiger partial charge in [-0.2, -0.15) is 0 Å². The lowest BCUT2D eigenvalue weighted by Gasteiger charge is -2.13. The maximum absolute atomic E-state index is 11.3. The van der Waals surface area contributed by atoms with Crippen molar-refractivity contribution in [1.82, 2.24) is 0 Å². The predicted molar refractivity (Wildman–Crippen MR) is 77.3 cm³/mol. The Labute approximate surface area is 122 Å². The second-order valence-electron chi connectivity index (χ2n) is 4.35. The third-order valence-electron chi connectivity index (χ3n) is 2.99. The minimum atomic E-state index is -1.08. The number of aliphatic hydroxyl groups excluding tert-OH is 1. The number of aliphatic hydroxyl groups is 1. The molecular weight excluding hydrogens is 272 g/mol. The highest BCUT2D eigenvalue weighted by Gasteiger charge is 2.14. The summed E-state index contributed by atoms with van der Waals surface area (Å²) in [5.41, 5.74) is 0.855. The maximum Gasteiger partial charge on any atom is 0.339 e. The van der Waals surface area contributed by atoms with E-state index in [4.69, 9.17) is 14.6 Å². The summed E-state index contributed by atoms with van der Waals surface area (Å²) in [5.74, 6) is 0.150. The van der Waals surface area contributed by atoms with Crippen LogP contribution in [-0.4, -0.2) is 29.9 Å². The fraction of sp³-hybridized carbons (Fsp3) is 0.188. The molecule has 0 bridgehead atoms. The van der Waals surface area contributed by atoms with Crippen molar-refractivity contribution in [3.8, 4) is 17.2 Å². The lowest BCUT2D eigenvalue weighted by atomic mass is 10.1. The molecule has 21 heavy (non-hydrogen) atoms. The Balaban J connectivity index is 2.40. The van der Waals surface area contributed by atoms with Crippen molar-refractivity contribution in [1.29, 1.82) is 0 Å². The standard InChI is InChI=1S/C16H16O5/c1-20-12-6-7-13(16(18)19)15(10-12)21-14-5-3-2-4-11(14)8-9-17/h2-7,10,17H,8-9H2,1H3,(H,18,19). The van der Waals surface area contributed by atoms with Gasteiger partial charge in [0, 0.05) is 12.7 Å². The number of benzene rings is 2. The molecule has 110 valence electrons. The summed E-state index contributed by atoms with van der Waals surface area (Å²) in [6, 6.07) is 11.7. The van der Waals surface area contributed by atoms with Gasteiger partial charge in [0.05, 0.1) is 7.11 Å². The molecule has 5 nitrogen and oxygen atoms in total. The average molecular weight is 288 g/mol. The summed E-state index contributed by atoms with van der Waals surface area (Å²) in [6.45, 7) is -0.00965. The zero-order valence-corrected chi connectivity index (χ0v) is 11.6. The Morgan fingerprint density at radius 3 is 2.57 bits per heavy atom. The van der Waals surface area contributed by atoms with E-state index < -0.39 is 5.97 Å². The minimum Gasteiger partial charge on any atom is -0.497 e. The molecule has 0 saturated heterocycles. The number of ether oxygens (including phenoxy) is 2. The Morgan fingerprint density at radius 2 is 1.90 bits per heavy atom. The molecular formula is C16H16O5. The zero-order chi connectivity index (χ0) is 15.2. The van der Waals surface area contributed by atoms with Crippen LogP contribution in [0.25, 0.3) is 0 Å². The number of hydrogen-bond donors (Lipinski definition) is 2. The second kappa shape index (κ2) is 6.76. The quantitative estimate of drug-likeness (QED) is 0.854. The van der Waals surface area contributed by atoms with E-state index in [1.54, 1.807) is 18.2 Å². The smallest absolute Gasteiger partial charge is 0.339 e. The van der Waals surface area contributed by atoms with E-state index in [-0.39, 0.29) is 17.9 Å². The topological polar surface area (TPSA) is 76.0 Å². The predicted octanol–water partition coefficient (Wildman–Crippen LogP) is 2.72. The first-order chi connectivity index (χ1) is 10.2. The van der Waals surface area contributed by atoms with E-state index in [0.29, 0.717) is 17.9 Å². The van der Waals surface area contributed by atoms with Crippen LogP contribution in [0.2, 0.25) is 0 Å². The lowest BCUT2D eigenvalue weighted by Crippen LogP contribution is -2.02. The number of carboxylic acid groups (broad SMARTS) is 1. The molecule has 0 unspecified atom stereocenters. The van der Waals surface area contributed by atoms with Crippen molar-refractivity contribution >= 4 is 5.97 Å². The molecule has 0 aliphatic carbocycles. The Hall–Kier alpha value is -2.53. The van der Waals surface area contributed by atoms with Crippen LogP contribution in [0.4, 0.5) is 0 Å². The molecule has 0 fully saturated rings. The third-order valence-corrected chi connectivity index (χ3v) is 2.99. The first-order valence-electron chi connectivity index (χ1n) is 6.43. The lowest BCUT2D eigenvalue weighted by molar-refractivity contribution is 0.0694. The van der Waals surface area contributed by atoms with Gasteiger partial charge in [-0.1, -0.05) is 18.2 Å². The molecule has 0 radical (unpaired) electrons. The van der Waals surface area contributed by atoms with Crippen LogP contribution in [0.5, 0.6) is 17.2 Å². The molecule has 0 aromatic heterocycles. The van der Waals surface area contributed by atoms with Crippen LogP contribution >= 0.6 is 0 Å². The van der Waals surface area contributed by atoms with Gasteiger partial charge in [-0.15, -0.1) is 0 Å². The largest absolute Gasteiger partial charge is 0.497 e. The van der Waals surface area contributed by atoms with Crippen LogP contribution in [0, 0.1) is 0 Å². The molecule has 0 atom stereocenters. The van der Waals surface area contributed by atoms with E-state index in [9.17, 15) is 9.90 Å². The summed E-state index contributed by atoms with van der Waals surface area (Å²) >= 11 is 0. The summed E-state index contributed by atoms with van der Waals surface area (Å²) in [6.07, 6.45) is 0.433. The van der Waals surface area contributed by atoms with Gasteiger partial charge in [-0.3, -0.25) is 0 Å². The molecule has 0 aliphatic rings. The van der Waals surface area contributed by atoms with Gasteiger partial charge in [0.25, 0.3) is 0 Å². The average Bonchev–Trinajstić information content (AvgIpc) is 2.49. The molecule has 0 aliphatic heterocycles. The van der Waals surface area contributed by atoms with Gasteiger partial charge in [0.2, 0.25) is 0 Å². The van der Waals surface area contributed by atoms with E-state index in [1.807, 2.05) is 12.1 Å². The van der Waals surface area contributed by atoms with Gasteiger partial charge in [-0.05, 0) is 30.2 Å². The van der Waals surface area contributed by atoms with Crippen LogP contribution in [-0.2, 0) is 6.42 Å². The fourth-order valence-electron chi connectivity index (χ4n) is 1.94. The molecule has 2 rings (SSSR count). The number of para-hydroxylation sites is 1. The van der Waals surface area contributed by atoms with Crippen LogP contribution in [0.15, 0.2) is 42.5 Å². The van der Waals surface area contributed by atoms with E-state index >= 15 is 0 Å². The number of carbonyl (C=O) groups is 1. The van der Waals surface area contributed by atoms with Crippen LogP contribution in [0.3, 0.4) is 0 Å². The van der Waals surface area contributed by atoms with Crippen molar-refractivity contribution in [2.24, 2.45) is 0 Å². The Morgan fingerprint density at radius 1 is 1.14 bits per heavy atom. The molecule has 2 aromatic rings. The number of hydrogen-bond acceptors (Lipinski definition) is 4. The minimum absolute atomic E-state index is 0.00965. The molecule has 2 aromatic carbocycles. The summed E-state index contributed by atoms with van der Waals surface area (Å²) in [7, 11) is 1.50. The van der Waals surface area contributed by atoms with Crippen molar-refractivity contribution in [2.75, 3.05) is 13.7 Å². The van der Waals surface area contributed by atoms with Crippen molar-refractivity contribution in [3.05, 3.63) is 53.6 Å². The van der Waals surface area contributed by atoms with Crippen molar-refractivity contribution in [3.63, 3.8) is 0 Å². The SMILES string of the molecule is COc1ccc(C(=O)O)c(Oc2ccccc2CCO)c1. The van der Waals surface area contributed by atoms with Crippen LogP contribution < -0.4 is 9.47 Å². The molecule has 0 spiro atoms. The monoisotopic (exact) mass is 288 g/mol. The second-order valence-corrected chi connectivity index (χ2v) is 4.35. The Bertz CT molecular complexity index is 636. The highest BCUT2D eigenvalue weighted by Crippen LogP contribution is 2.31. The van der Waals surface area contributed by atoms with Gasteiger partial charge in [-0.25, -0.2) is 4.79 Å². The number of methoxy groups -OCH3 is 1. The molecule has 5 heteroatoms. The van der Waals surface area contributed by atoms with Gasteiger partial charge < -0.3 is 19.7 Å². The van der Waals surface area contributed by atoms with Gasteiger partial charge in [0.1, 0.15) is 22.8 Å². The first kappa shape index (κ1) is 14.9. The van der Waals surface area contributed by atoms with Crippen molar-refractivity contribution in [2.45, 2.75) is 6.42 Å². The fourth-order valence-corrected chi connectivity index (χ4v) is 1.94. The maximum atomic E-state index is 11.3. The molecule has 0 heterocycles. The number of aromatic carboxylic acids is 1. The molecule has 2 N–H and O–H groups in total. The summed E-state index contributed by atoms with van der Waals surface area (Å²) < 4.78 is 10.8. The highest BCUT2D eigenvalue weighted by molar-refractivity contribution is 5.91. The normalized spacial score (nSPS) is 10.2. The van der Waals surface area contributed by atoms with E-state index in [2.05, 4.69) is 0 Å². The zero-order valence-electron chi connectivity index (χ0n) is 11.6. The number of carboxylic acids is 1. The molecule has 0 saturated carbocycles. The highest BCUT2D eigenvalue weighted by atomic mass is 16.5. The molecule has 0 amide bonds. The van der Waals surface area contributed by atoms with E-state index in [1.165, 1.54) is 19.2 Å². The van der Waals surface area contributed by atoms with E-state index in [0.717, 1.165) is 5.56 Å². The summed E-state index contributed by atoms with van der Waals surface area (Å²) in [4.78, 5) is 11.3. The first-order valence-corrected chi connectivity index (χ1v) is 6.43. The van der Waals surface area contributed by atoms with Crippen molar-refractivity contribution < 1.29 is 24.5 Å². The van der Waals surface area contributed by atoms with Gasteiger partial charge >= 0.3 is 5.97 Å². The van der Waals surface area contributed by atoms with Gasteiger partial charge in [0.15, 0.2) is 0 Å². The Kier molecular flexibility index (Phi) is 4.79. The number of rotatable bonds is 6. The van der Waals surface area contributed by atoms with Crippen LogP contribution in [0.1, 0.15) is 15.9 Å². The summed E-state index contributed by atoms with van der Waals surface area (Å²) in [5, 5.41) is 18.3. The third kappa shape index (κ3) is 3.52.